The summed E-state index contributed by atoms with van der Waals surface area (Å²) in [4.78, 5) is 26.2. The molecular formula is C15H23N5O4. The Balaban J connectivity index is 1.68. The zero-order valence-electron chi connectivity index (χ0n) is 13.8. The lowest BCUT2D eigenvalue weighted by molar-refractivity contribution is -0.402. The number of nitro groups is 1. The van der Waals surface area contributed by atoms with E-state index in [-0.39, 0.29) is 24.1 Å². The van der Waals surface area contributed by atoms with Gasteiger partial charge in [-0.1, -0.05) is 13.3 Å². The molecule has 2 rings (SSSR count). The molecule has 9 nitrogen and oxygen atoms in total. The van der Waals surface area contributed by atoms with Crippen molar-refractivity contribution in [1.29, 1.82) is 0 Å². The van der Waals surface area contributed by atoms with Gasteiger partial charge in [-0.15, -0.1) is 0 Å². The Morgan fingerprint density at radius 2 is 2.08 bits per heavy atom. The maximum atomic E-state index is 11.8. The molecule has 0 bridgehead atoms. The van der Waals surface area contributed by atoms with E-state index < -0.39 is 4.92 Å². The fourth-order valence-electron chi connectivity index (χ4n) is 2.47. The highest BCUT2D eigenvalue weighted by molar-refractivity contribution is 5.81. The SMILES string of the molecule is CCCCN1CCN(CC(=O)N/N=C/c2ccc([N+](=O)[O-])o2)CC1. The van der Waals surface area contributed by atoms with E-state index in [4.69, 9.17) is 4.42 Å². The molecule has 24 heavy (non-hydrogen) atoms. The van der Waals surface area contributed by atoms with E-state index in [2.05, 4.69) is 27.3 Å². The number of hydrazone groups is 1. The average molecular weight is 337 g/mol. The highest BCUT2D eigenvalue weighted by atomic mass is 16.6. The van der Waals surface area contributed by atoms with Crippen molar-refractivity contribution in [1.82, 2.24) is 15.2 Å². The third kappa shape index (κ3) is 5.74. The van der Waals surface area contributed by atoms with Crippen LogP contribution in [0.1, 0.15) is 25.5 Å². The van der Waals surface area contributed by atoms with Gasteiger partial charge in [-0.2, -0.15) is 5.10 Å². The normalized spacial score (nSPS) is 16.5. The summed E-state index contributed by atoms with van der Waals surface area (Å²) < 4.78 is 4.91. The molecule has 1 aromatic rings. The van der Waals surface area contributed by atoms with Gasteiger partial charge < -0.3 is 9.32 Å². The molecule has 1 fully saturated rings. The van der Waals surface area contributed by atoms with Gasteiger partial charge >= 0.3 is 5.88 Å². The van der Waals surface area contributed by atoms with Gasteiger partial charge in [0.15, 0.2) is 5.76 Å². The van der Waals surface area contributed by atoms with Crippen molar-refractivity contribution in [2.75, 3.05) is 39.3 Å². The Labute approximate surface area is 140 Å². The van der Waals surface area contributed by atoms with Gasteiger partial charge in [-0.3, -0.25) is 19.8 Å². The van der Waals surface area contributed by atoms with Crippen molar-refractivity contribution in [2.24, 2.45) is 5.10 Å². The van der Waals surface area contributed by atoms with E-state index in [0.717, 1.165) is 32.7 Å². The van der Waals surface area contributed by atoms with Gasteiger partial charge in [-0.05, 0) is 19.0 Å². The molecule has 1 saturated heterocycles. The summed E-state index contributed by atoms with van der Waals surface area (Å²) in [6.07, 6.45) is 3.65. The molecular weight excluding hydrogens is 314 g/mol. The van der Waals surface area contributed by atoms with Crippen LogP contribution in [-0.2, 0) is 4.79 Å². The number of unbranched alkanes of at least 4 members (excludes halogenated alkanes) is 1. The number of carbonyl (C=O) groups excluding carboxylic acids is 1. The molecule has 1 N–H and O–H groups in total. The second-order valence-corrected chi connectivity index (χ2v) is 5.70. The quantitative estimate of drug-likeness (QED) is 0.432. The van der Waals surface area contributed by atoms with Crippen LogP contribution in [0.5, 0.6) is 0 Å². The van der Waals surface area contributed by atoms with Crippen molar-refractivity contribution < 1.29 is 14.1 Å². The molecule has 1 amide bonds. The van der Waals surface area contributed by atoms with Crippen molar-refractivity contribution in [2.45, 2.75) is 19.8 Å². The van der Waals surface area contributed by atoms with Crippen LogP contribution in [0.15, 0.2) is 21.7 Å². The van der Waals surface area contributed by atoms with Gasteiger partial charge in [0.1, 0.15) is 4.92 Å². The summed E-state index contributed by atoms with van der Waals surface area (Å²) in [6.45, 7) is 7.28. The summed E-state index contributed by atoms with van der Waals surface area (Å²) in [7, 11) is 0. The number of hydrogen-bond donors (Lipinski definition) is 1. The van der Waals surface area contributed by atoms with Gasteiger partial charge in [0.25, 0.3) is 5.91 Å². The maximum Gasteiger partial charge on any atom is 0.433 e. The van der Waals surface area contributed by atoms with E-state index in [1.165, 1.54) is 31.2 Å². The summed E-state index contributed by atoms with van der Waals surface area (Å²) in [5.41, 5.74) is 2.41. The third-order valence-corrected chi connectivity index (χ3v) is 3.83. The van der Waals surface area contributed by atoms with Crippen molar-refractivity contribution in [3.8, 4) is 0 Å². The molecule has 1 aliphatic rings. The number of nitrogens with one attached hydrogen (secondary N) is 1. The number of amides is 1. The van der Waals surface area contributed by atoms with Crippen LogP contribution in [0, 0.1) is 10.1 Å². The van der Waals surface area contributed by atoms with E-state index in [9.17, 15) is 14.9 Å². The summed E-state index contributed by atoms with van der Waals surface area (Å²) in [5.74, 6) is -0.357. The topological polar surface area (TPSA) is 104 Å². The van der Waals surface area contributed by atoms with E-state index in [1.807, 2.05) is 0 Å². The van der Waals surface area contributed by atoms with Crippen LogP contribution in [0.2, 0.25) is 0 Å². The largest absolute Gasteiger partial charge is 0.433 e. The highest BCUT2D eigenvalue weighted by Gasteiger charge is 2.18. The van der Waals surface area contributed by atoms with Crippen LogP contribution < -0.4 is 5.43 Å². The minimum atomic E-state index is -0.629. The Morgan fingerprint density at radius 3 is 2.71 bits per heavy atom. The number of nitrogens with zero attached hydrogens (tertiary/aromatic N) is 4. The molecule has 0 saturated carbocycles. The smallest absolute Gasteiger partial charge is 0.400 e. The Hall–Kier alpha value is -2.26. The van der Waals surface area contributed by atoms with Crippen LogP contribution in [-0.4, -0.2) is 66.1 Å². The predicted octanol–water partition coefficient (Wildman–Crippen LogP) is 1.06. The average Bonchev–Trinajstić information content (AvgIpc) is 3.03. The van der Waals surface area contributed by atoms with Crippen molar-refractivity contribution >= 4 is 18.0 Å². The number of rotatable bonds is 8. The number of carbonyl (C=O) groups is 1. The van der Waals surface area contributed by atoms with Crippen LogP contribution in [0.25, 0.3) is 0 Å². The first-order chi connectivity index (χ1) is 11.6. The second kappa shape index (κ2) is 9.14. The minimum Gasteiger partial charge on any atom is -0.400 e. The highest BCUT2D eigenvalue weighted by Crippen LogP contribution is 2.13. The van der Waals surface area contributed by atoms with E-state index in [1.54, 1.807) is 0 Å². The molecule has 0 radical (unpaired) electrons. The van der Waals surface area contributed by atoms with E-state index in [0.29, 0.717) is 0 Å². The van der Waals surface area contributed by atoms with Gasteiger partial charge in [0.2, 0.25) is 0 Å². The molecule has 132 valence electrons. The molecule has 2 heterocycles. The van der Waals surface area contributed by atoms with Crippen molar-refractivity contribution in [3.63, 3.8) is 0 Å². The predicted molar refractivity (Wildman–Crippen MR) is 88.9 cm³/mol. The first-order valence-electron chi connectivity index (χ1n) is 8.09. The van der Waals surface area contributed by atoms with Crippen LogP contribution >= 0.6 is 0 Å². The van der Waals surface area contributed by atoms with E-state index >= 15 is 0 Å². The summed E-state index contributed by atoms with van der Waals surface area (Å²) in [5, 5.41) is 14.2. The Morgan fingerprint density at radius 1 is 1.38 bits per heavy atom. The number of furan rings is 1. The fraction of sp³-hybridized carbons (Fsp3) is 0.600. The summed E-state index contributed by atoms with van der Waals surface area (Å²) in [6, 6.07) is 2.66. The molecule has 0 aliphatic carbocycles. The van der Waals surface area contributed by atoms with Crippen LogP contribution in [0.3, 0.4) is 0 Å². The minimum absolute atomic E-state index is 0.214. The molecule has 1 aliphatic heterocycles. The lowest BCUT2D eigenvalue weighted by atomic mass is 10.2. The molecule has 0 aromatic carbocycles. The zero-order chi connectivity index (χ0) is 17.4. The first-order valence-corrected chi connectivity index (χ1v) is 8.09. The Kier molecular flexibility index (Phi) is 6.89. The van der Waals surface area contributed by atoms with Gasteiger partial charge in [0.05, 0.1) is 18.8 Å². The summed E-state index contributed by atoms with van der Waals surface area (Å²) >= 11 is 0. The number of hydrogen-bond acceptors (Lipinski definition) is 7. The second-order valence-electron chi connectivity index (χ2n) is 5.70. The third-order valence-electron chi connectivity index (χ3n) is 3.83. The molecule has 1 aromatic heterocycles. The van der Waals surface area contributed by atoms with Crippen LogP contribution in [0.4, 0.5) is 5.88 Å². The lowest BCUT2D eigenvalue weighted by Gasteiger charge is -2.34. The first kappa shape index (κ1) is 18.1. The van der Waals surface area contributed by atoms with Gasteiger partial charge in [0, 0.05) is 26.2 Å². The Bertz CT molecular complexity index is 578. The molecule has 0 atom stereocenters. The number of piperazine rings is 1. The lowest BCUT2D eigenvalue weighted by Crippen LogP contribution is -2.49. The van der Waals surface area contributed by atoms with Crippen molar-refractivity contribution in [3.05, 3.63) is 28.0 Å². The van der Waals surface area contributed by atoms with Gasteiger partial charge in [-0.25, -0.2) is 5.43 Å². The maximum absolute atomic E-state index is 11.8. The monoisotopic (exact) mass is 337 g/mol. The molecule has 0 spiro atoms. The fourth-order valence-corrected chi connectivity index (χ4v) is 2.47. The molecule has 0 unspecified atom stereocenters. The zero-order valence-corrected chi connectivity index (χ0v) is 13.8. The standard InChI is InChI=1S/C15H23N5O4/c1-2-3-6-18-7-9-19(10-8-18)12-14(21)17-16-11-13-4-5-15(24-13)20(22)23/h4-5,11H,2-3,6-10,12H2,1H3,(H,17,21)/b16-11+. The molecule has 9 heteroatoms.